The fourth-order valence-electron chi connectivity index (χ4n) is 9.06. The lowest BCUT2D eigenvalue weighted by molar-refractivity contribution is -0.175. The van der Waals surface area contributed by atoms with Crippen molar-refractivity contribution < 1.29 is 38.4 Å². The van der Waals surface area contributed by atoms with Crippen LogP contribution in [-0.4, -0.2) is 60.6 Å². The second kappa shape index (κ2) is 49.5. The van der Waals surface area contributed by atoms with Crippen LogP contribution in [0.25, 0.3) is 0 Å². The van der Waals surface area contributed by atoms with Gasteiger partial charge >= 0.3 is 17.9 Å². The van der Waals surface area contributed by atoms with E-state index in [0.29, 0.717) is 12.8 Å². The van der Waals surface area contributed by atoms with Crippen LogP contribution in [0.3, 0.4) is 0 Å². The van der Waals surface area contributed by atoms with Gasteiger partial charge in [0.2, 0.25) is 0 Å². The van der Waals surface area contributed by atoms with Gasteiger partial charge in [0, 0.05) is 19.3 Å². The van der Waals surface area contributed by atoms with E-state index in [2.05, 4.69) is 57.2 Å². The van der Waals surface area contributed by atoms with Crippen LogP contribution in [0.2, 0.25) is 0 Å². The maximum absolute atomic E-state index is 13.2. The molecule has 0 aromatic rings. The Kier molecular flexibility index (Phi) is 46.3. The summed E-state index contributed by atoms with van der Waals surface area (Å²) in [6, 6.07) is 0. The molecule has 0 aliphatic carbocycles. The zero-order valence-electron chi connectivity index (χ0n) is 44.7. The molecule has 0 bridgehead atoms. The van der Waals surface area contributed by atoms with Crippen molar-refractivity contribution in [1.29, 1.82) is 0 Å². The number of hydrogen-bond acceptors (Lipinski definition) is 8. The Bertz CT molecular complexity index is 1230. The summed E-state index contributed by atoms with van der Waals surface area (Å²) in [6.07, 6.45) is 56.9. The number of rotatable bonds is 50. The molecule has 1 N–H and O–H groups in total. The summed E-state index contributed by atoms with van der Waals surface area (Å²) in [5.41, 5.74) is 0. The first-order valence-electron chi connectivity index (χ1n) is 29.2. The number of ether oxygens (including phenoxy) is 4. The fourth-order valence-corrected chi connectivity index (χ4v) is 9.06. The van der Waals surface area contributed by atoms with Crippen LogP contribution in [0.1, 0.15) is 290 Å². The Balaban J connectivity index is 2.51. The molecule has 1 aliphatic heterocycles. The van der Waals surface area contributed by atoms with Gasteiger partial charge in [-0.1, -0.05) is 211 Å². The second-order valence-corrected chi connectivity index (χ2v) is 20.0. The number of allylic oxidation sites excluding steroid dienone is 6. The van der Waals surface area contributed by atoms with Gasteiger partial charge in [-0.05, 0) is 96.3 Å². The van der Waals surface area contributed by atoms with Crippen molar-refractivity contribution in [2.45, 2.75) is 315 Å². The Labute approximate surface area is 419 Å². The first-order chi connectivity index (χ1) is 33.5. The average molecular weight is 958 g/mol. The van der Waals surface area contributed by atoms with Gasteiger partial charge in [-0.2, -0.15) is 0 Å². The highest BCUT2D eigenvalue weighted by molar-refractivity contribution is 5.71. The Hall–Kier alpha value is -2.45. The molecule has 1 heterocycles. The van der Waals surface area contributed by atoms with Crippen molar-refractivity contribution in [2.75, 3.05) is 13.2 Å². The van der Waals surface area contributed by atoms with Crippen molar-refractivity contribution in [1.82, 2.24) is 0 Å². The highest BCUT2D eigenvalue weighted by Crippen LogP contribution is 2.27. The van der Waals surface area contributed by atoms with E-state index < -0.39 is 43.0 Å². The van der Waals surface area contributed by atoms with E-state index in [9.17, 15) is 19.5 Å². The highest BCUT2D eigenvalue weighted by atomic mass is 16.6. The van der Waals surface area contributed by atoms with Gasteiger partial charge in [-0.15, -0.1) is 0 Å². The van der Waals surface area contributed by atoms with Crippen molar-refractivity contribution in [3.8, 4) is 0 Å². The third-order valence-electron chi connectivity index (χ3n) is 13.5. The molecule has 0 saturated carbocycles. The second-order valence-electron chi connectivity index (χ2n) is 20.0. The zero-order valence-corrected chi connectivity index (χ0v) is 44.7. The third kappa shape index (κ3) is 39.3. The first kappa shape index (κ1) is 63.6. The maximum Gasteiger partial charge on any atom is 0.306 e. The van der Waals surface area contributed by atoms with Crippen molar-refractivity contribution in [3.63, 3.8) is 0 Å². The molecule has 0 aromatic carbocycles. The Morgan fingerprint density at radius 2 is 0.721 bits per heavy atom. The molecule has 1 aliphatic rings. The largest absolute Gasteiger partial charge is 0.457 e. The SMILES string of the molecule is CCCCCCCC/C=C\CCCCCCCC(=O)O[C@@H]1[C@@H]([C@@H](CO)OC(=O)CCCCCCC/C=C\CCCCCCCC)OC[C@@H]1OC(=O)CCCCCCC/C=C\CCCCCCCC. The standard InChI is InChI=1S/C60H108O8/c1-4-7-10-13-16-19-22-25-28-31-34-37-40-43-46-49-56(62)66-54(52-61)59-60(68-58(64)51-48-45-42-39-36-33-30-27-24-21-18-15-12-9-6-3)55(53-65-59)67-57(63)50-47-44-41-38-35-32-29-26-23-20-17-14-11-8-5-2/h25-30,54-55,59-61H,4-24,31-53H2,1-3H3/b28-25-,29-26-,30-27-/t54-,55+,59-,60+/m1/s1. The summed E-state index contributed by atoms with van der Waals surface area (Å²) >= 11 is 0. The molecule has 1 rings (SSSR count). The minimum atomic E-state index is -1.03. The van der Waals surface area contributed by atoms with E-state index in [0.717, 1.165) is 103 Å². The summed E-state index contributed by atoms with van der Waals surface area (Å²) in [7, 11) is 0. The summed E-state index contributed by atoms with van der Waals surface area (Å²) in [4.78, 5) is 39.3. The van der Waals surface area contributed by atoms with Gasteiger partial charge in [0.1, 0.15) is 6.10 Å². The van der Waals surface area contributed by atoms with Crippen molar-refractivity contribution in [2.24, 2.45) is 0 Å². The van der Waals surface area contributed by atoms with Gasteiger partial charge in [-0.3, -0.25) is 14.4 Å². The predicted molar refractivity (Wildman–Crippen MR) is 285 cm³/mol. The number of carbonyl (C=O) groups excluding carboxylic acids is 3. The number of carbonyl (C=O) groups is 3. The van der Waals surface area contributed by atoms with Crippen LogP contribution in [0.15, 0.2) is 36.5 Å². The number of unbranched alkanes of at least 4 members (excludes halogenated alkanes) is 33. The summed E-state index contributed by atoms with van der Waals surface area (Å²) in [6.45, 7) is 6.30. The quantitative estimate of drug-likeness (QED) is 0.0278. The third-order valence-corrected chi connectivity index (χ3v) is 13.5. The lowest BCUT2D eigenvalue weighted by Gasteiger charge is -2.28. The van der Waals surface area contributed by atoms with Crippen LogP contribution in [0.4, 0.5) is 0 Å². The lowest BCUT2D eigenvalue weighted by Crippen LogP contribution is -2.46. The smallest absolute Gasteiger partial charge is 0.306 e. The first-order valence-corrected chi connectivity index (χ1v) is 29.2. The van der Waals surface area contributed by atoms with E-state index in [1.54, 1.807) is 0 Å². The molecule has 1 fully saturated rings. The molecule has 0 aromatic heterocycles. The molecular weight excluding hydrogens is 849 g/mol. The number of esters is 3. The monoisotopic (exact) mass is 957 g/mol. The fraction of sp³-hybridized carbons (Fsp3) is 0.850. The molecule has 0 radical (unpaired) electrons. The molecule has 396 valence electrons. The van der Waals surface area contributed by atoms with Gasteiger partial charge in [0.25, 0.3) is 0 Å². The van der Waals surface area contributed by atoms with Gasteiger partial charge < -0.3 is 24.1 Å². The minimum Gasteiger partial charge on any atom is -0.457 e. The number of hydrogen-bond donors (Lipinski definition) is 1. The molecular formula is C60H108O8. The molecule has 8 nitrogen and oxygen atoms in total. The molecule has 1 saturated heterocycles. The molecule has 0 unspecified atom stereocenters. The average Bonchev–Trinajstić information content (AvgIpc) is 3.72. The normalized spacial score (nSPS) is 16.7. The zero-order chi connectivity index (χ0) is 49.2. The number of aliphatic hydroxyl groups is 1. The molecule has 0 amide bonds. The van der Waals surface area contributed by atoms with Crippen LogP contribution in [0.5, 0.6) is 0 Å². The van der Waals surface area contributed by atoms with Crippen LogP contribution >= 0.6 is 0 Å². The maximum atomic E-state index is 13.2. The lowest BCUT2D eigenvalue weighted by atomic mass is 10.1. The van der Waals surface area contributed by atoms with E-state index >= 15 is 0 Å². The van der Waals surface area contributed by atoms with Crippen LogP contribution < -0.4 is 0 Å². The van der Waals surface area contributed by atoms with Crippen molar-refractivity contribution >= 4 is 17.9 Å². The number of aliphatic hydroxyl groups excluding tert-OH is 1. The summed E-state index contributed by atoms with van der Waals surface area (Å²) in [5.74, 6) is -1.15. The molecule has 68 heavy (non-hydrogen) atoms. The van der Waals surface area contributed by atoms with Gasteiger partial charge in [0.05, 0.1) is 13.2 Å². The van der Waals surface area contributed by atoms with Gasteiger partial charge in [-0.25, -0.2) is 0 Å². The molecule has 0 spiro atoms. The van der Waals surface area contributed by atoms with E-state index in [1.165, 1.54) is 135 Å². The Morgan fingerprint density at radius 1 is 0.426 bits per heavy atom. The molecule has 4 atom stereocenters. The highest BCUT2D eigenvalue weighted by Gasteiger charge is 2.47. The topological polar surface area (TPSA) is 108 Å². The molecule has 8 heteroatoms. The summed E-state index contributed by atoms with van der Waals surface area (Å²) < 4.78 is 23.6. The van der Waals surface area contributed by atoms with E-state index in [1.807, 2.05) is 0 Å². The van der Waals surface area contributed by atoms with Crippen LogP contribution in [-0.2, 0) is 33.3 Å². The minimum absolute atomic E-state index is 0.0103. The van der Waals surface area contributed by atoms with Crippen molar-refractivity contribution in [3.05, 3.63) is 36.5 Å². The Morgan fingerprint density at radius 3 is 1.06 bits per heavy atom. The summed E-state index contributed by atoms with van der Waals surface area (Å²) in [5, 5.41) is 10.4. The van der Waals surface area contributed by atoms with Crippen LogP contribution in [0, 0.1) is 0 Å². The van der Waals surface area contributed by atoms with E-state index in [4.69, 9.17) is 18.9 Å². The van der Waals surface area contributed by atoms with E-state index in [-0.39, 0.29) is 31.8 Å². The predicted octanol–water partition coefficient (Wildman–Crippen LogP) is 17.2. The van der Waals surface area contributed by atoms with Gasteiger partial charge in [0.15, 0.2) is 18.3 Å².